The number of urea groups is 1. The number of ether oxygens (including phenoxy) is 2. The third-order valence-electron chi connectivity index (χ3n) is 9.17. The number of anilines is 2. The summed E-state index contributed by atoms with van der Waals surface area (Å²) in [6, 6.07) is 21.2. The van der Waals surface area contributed by atoms with Gasteiger partial charge in [0.1, 0.15) is 5.75 Å². The lowest BCUT2D eigenvalue weighted by Crippen LogP contribution is -2.37. The van der Waals surface area contributed by atoms with Gasteiger partial charge in [-0.3, -0.25) is 15.0 Å². The van der Waals surface area contributed by atoms with Crippen molar-refractivity contribution in [2.45, 2.75) is 71.8 Å². The van der Waals surface area contributed by atoms with Crippen LogP contribution in [0.4, 0.5) is 15.6 Å². The SMILES string of the molecule is CCOCc1cc(NC(=O)NC(CC)CC)ccc1Oc1cnc(NC(=O)c2ccc(-n3cc(CN4CCC(O)CC4)c4ccccc43)cc2)s1. The zero-order valence-electron chi connectivity index (χ0n) is 29.4. The van der Waals surface area contributed by atoms with Gasteiger partial charge in [0.25, 0.3) is 5.91 Å². The molecule has 1 aliphatic heterocycles. The van der Waals surface area contributed by atoms with Crippen molar-refractivity contribution in [3.05, 3.63) is 95.8 Å². The van der Waals surface area contributed by atoms with Gasteiger partial charge in [0.15, 0.2) is 5.13 Å². The first-order valence-corrected chi connectivity index (χ1v) is 18.5. The molecule has 6 rings (SSSR count). The summed E-state index contributed by atoms with van der Waals surface area (Å²) in [6.45, 7) is 9.43. The monoisotopic (exact) mass is 710 g/mol. The number of aliphatic hydroxyl groups is 1. The maximum absolute atomic E-state index is 13.2. The molecule has 11 nitrogen and oxygen atoms in total. The number of thiazole rings is 1. The highest BCUT2D eigenvalue weighted by molar-refractivity contribution is 7.17. The summed E-state index contributed by atoms with van der Waals surface area (Å²) in [4.78, 5) is 32.5. The maximum atomic E-state index is 13.2. The maximum Gasteiger partial charge on any atom is 0.319 e. The van der Waals surface area contributed by atoms with E-state index in [1.54, 1.807) is 18.3 Å². The molecule has 4 N–H and O–H groups in total. The van der Waals surface area contributed by atoms with E-state index >= 15 is 0 Å². The number of fused-ring (bicyclic) bond motifs is 1. The van der Waals surface area contributed by atoms with Crippen LogP contribution in [-0.4, -0.2) is 63.3 Å². The van der Waals surface area contributed by atoms with Gasteiger partial charge in [-0.25, -0.2) is 9.78 Å². The number of rotatable bonds is 14. The number of aliphatic hydroxyl groups excluding tert-OH is 1. The fourth-order valence-electron chi connectivity index (χ4n) is 6.25. The molecule has 0 aliphatic carbocycles. The fourth-order valence-corrected chi connectivity index (χ4v) is 6.93. The molecule has 0 spiro atoms. The zero-order chi connectivity index (χ0) is 35.7. The molecule has 268 valence electrons. The van der Waals surface area contributed by atoms with E-state index in [9.17, 15) is 14.7 Å². The van der Waals surface area contributed by atoms with Gasteiger partial charge in [0.05, 0.1) is 24.4 Å². The van der Waals surface area contributed by atoms with Gasteiger partial charge in [-0.1, -0.05) is 43.4 Å². The third kappa shape index (κ3) is 9.14. The Bertz CT molecular complexity index is 1930. The number of hydrogen-bond acceptors (Lipinski definition) is 8. The Hall–Kier alpha value is -4.75. The molecule has 3 amide bonds. The quantitative estimate of drug-likeness (QED) is 0.0921. The van der Waals surface area contributed by atoms with E-state index in [-0.39, 0.29) is 24.1 Å². The van der Waals surface area contributed by atoms with Crippen LogP contribution in [-0.2, 0) is 17.9 Å². The summed E-state index contributed by atoms with van der Waals surface area (Å²) in [6.07, 6.45) is 6.88. The van der Waals surface area contributed by atoms with Gasteiger partial charge in [-0.15, -0.1) is 0 Å². The van der Waals surface area contributed by atoms with E-state index in [2.05, 4.69) is 54.8 Å². The fraction of sp³-hybridized carbons (Fsp3) is 0.359. The second-order valence-corrected chi connectivity index (χ2v) is 13.7. The first-order chi connectivity index (χ1) is 24.8. The van der Waals surface area contributed by atoms with Crippen LogP contribution in [0.15, 0.2) is 79.1 Å². The topological polar surface area (TPSA) is 130 Å². The highest BCUT2D eigenvalue weighted by atomic mass is 32.1. The Balaban J connectivity index is 1.10. The number of hydrogen-bond donors (Lipinski definition) is 4. The minimum absolute atomic E-state index is 0.113. The van der Waals surface area contributed by atoms with Crippen LogP contribution in [0.25, 0.3) is 16.6 Å². The minimum Gasteiger partial charge on any atom is -0.445 e. The van der Waals surface area contributed by atoms with E-state index in [0.717, 1.165) is 62.1 Å². The smallest absolute Gasteiger partial charge is 0.319 e. The van der Waals surface area contributed by atoms with Crippen molar-refractivity contribution in [1.29, 1.82) is 0 Å². The van der Waals surface area contributed by atoms with Crippen molar-refractivity contribution in [3.8, 4) is 16.5 Å². The van der Waals surface area contributed by atoms with Crippen molar-refractivity contribution >= 4 is 45.0 Å². The molecular formula is C39H46N6O5S. The molecule has 12 heteroatoms. The second kappa shape index (κ2) is 17.0. The van der Waals surface area contributed by atoms with Crippen molar-refractivity contribution in [3.63, 3.8) is 0 Å². The van der Waals surface area contributed by atoms with Crippen LogP contribution in [0.5, 0.6) is 10.8 Å². The van der Waals surface area contributed by atoms with Crippen LogP contribution >= 0.6 is 11.3 Å². The summed E-state index contributed by atoms with van der Waals surface area (Å²) >= 11 is 1.22. The number of nitrogens with zero attached hydrogens (tertiary/aromatic N) is 3. The van der Waals surface area contributed by atoms with E-state index in [4.69, 9.17) is 9.47 Å². The Labute approximate surface area is 302 Å². The first-order valence-electron chi connectivity index (χ1n) is 17.7. The molecule has 51 heavy (non-hydrogen) atoms. The standard InChI is InChI=1S/C39H46N6O5S/c1-4-29(5-2)41-38(48)42-30-13-16-35(27(21-30)25-49-6-3)50-36-22-40-39(51-36)43-37(47)26-11-14-31(15-12-26)45-24-28(33-9-7-8-10-34(33)45)23-44-19-17-32(46)18-20-44/h7-16,21-22,24,29,32,46H,4-6,17-20,23,25H2,1-3H3,(H,40,43,47)(H2,41,42,48). The van der Waals surface area contributed by atoms with Crippen LogP contribution in [0, 0.1) is 0 Å². The summed E-state index contributed by atoms with van der Waals surface area (Å²) < 4.78 is 14.0. The van der Waals surface area contributed by atoms with Crippen molar-refractivity contribution < 1.29 is 24.2 Å². The van der Waals surface area contributed by atoms with Crippen molar-refractivity contribution in [1.82, 2.24) is 19.8 Å². The minimum atomic E-state index is -0.271. The average Bonchev–Trinajstić information content (AvgIpc) is 3.75. The number of piperidine rings is 1. The van der Waals surface area contributed by atoms with Gasteiger partial charge in [0, 0.05) is 66.4 Å². The third-order valence-corrected chi connectivity index (χ3v) is 9.96. The van der Waals surface area contributed by atoms with Gasteiger partial charge in [0.2, 0.25) is 5.06 Å². The number of benzene rings is 3. The molecule has 1 fully saturated rings. The predicted octanol–water partition coefficient (Wildman–Crippen LogP) is 7.93. The lowest BCUT2D eigenvalue weighted by atomic mass is 10.1. The molecular weight excluding hydrogens is 665 g/mol. The summed E-state index contributed by atoms with van der Waals surface area (Å²) in [5.41, 5.74) is 5.22. The lowest BCUT2D eigenvalue weighted by Gasteiger charge is -2.29. The van der Waals surface area contributed by atoms with Crippen molar-refractivity contribution in [2.75, 3.05) is 30.3 Å². The van der Waals surface area contributed by atoms with Gasteiger partial charge >= 0.3 is 6.03 Å². The highest BCUT2D eigenvalue weighted by Crippen LogP contribution is 2.34. The van der Waals surface area contributed by atoms with Crippen LogP contribution in [0.3, 0.4) is 0 Å². The first kappa shape index (κ1) is 36.1. The van der Waals surface area contributed by atoms with Crippen LogP contribution in [0.1, 0.15) is 67.9 Å². The molecule has 0 radical (unpaired) electrons. The predicted molar refractivity (Wildman–Crippen MR) is 202 cm³/mol. The molecule has 5 aromatic rings. The number of amides is 3. The van der Waals surface area contributed by atoms with E-state index in [0.29, 0.717) is 40.4 Å². The summed E-state index contributed by atoms with van der Waals surface area (Å²) in [7, 11) is 0. The number of para-hydroxylation sites is 1. The highest BCUT2D eigenvalue weighted by Gasteiger charge is 2.20. The largest absolute Gasteiger partial charge is 0.445 e. The molecule has 1 saturated heterocycles. The Morgan fingerprint density at radius 3 is 2.49 bits per heavy atom. The van der Waals surface area contributed by atoms with E-state index in [1.165, 1.54) is 22.3 Å². The average molecular weight is 711 g/mol. The number of likely N-dealkylation sites (tertiary alicyclic amines) is 1. The zero-order valence-corrected chi connectivity index (χ0v) is 30.2. The molecule has 2 aromatic heterocycles. The Morgan fingerprint density at radius 1 is 0.980 bits per heavy atom. The second-order valence-electron chi connectivity index (χ2n) is 12.7. The van der Waals surface area contributed by atoms with Crippen LogP contribution in [0.2, 0.25) is 0 Å². The molecule has 3 aromatic carbocycles. The molecule has 3 heterocycles. The number of carbonyl (C=O) groups excluding carboxylic acids is 2. The lowest BCUT2D eigenvalue weighted by molar-refractivity contribution is 0.0794. The Morgan fingerprint density at radius 2 is 1.75 bits per heavy atom. The van der Waals surface area contributed by atoms with Gasteiger partial charge in [-0.2, -0.15) is 0 Å². The normalized spacial score (nSPS) is 13.8. The van der Waals surface area contributed by atoms with E-state index < -0.39 is 0 Å². The van der Waals surface area contributed by atoms with Gasteiger partial charge in [-0.05, 0) is 86.7 Å². The number of aromatic nitrogens is 2. The molecule has 0 saturated carbocycles. The van der Waals surface area contributed by atoms with Gasteiger partial charge < -0.3 is 29.8 Å². The van der Waals surface area contributed by atoms with Crippen molar-refractivity contribution in [2.24, 2.45) is 0 Å². The van der Waals surface area contributed by atoms with Crippen LogP contribution < -0.4 is 20.7 Å². The number of carbonyl (C=O) groups is 2. The van der Waals surface area contributed by atoms with E-state index in [1.807, 2.05) is 57.2 Å². The molecule has 1 aliphatic rings. The summed E-state index contributed by atoms with van der Waals surface area (Å²) in [5, 5.41) is 20.8. The molecule has 0 bridgehead atoms. The summed E-state index contributed by atoms with van der Waals surface area (Å²) in [5.74, 6) is 0.300. The number of nitrogens with one attached hydrogen (secondary N) is 3. The molecule has 0 unspecified atom stereocenters. The molecule has 0 atom stereocenters. The Kier molecular flexibility index (Phi) is 12.0.